The molecule has 6 heteroatoms. The van der Waals surface area contributed by atoms with Crippen molar-refractivity contribution in [3.05, 3.63) is 64.9 Å². The van der Waals surface area contributed by atoms with E-state index in [4.69, 9.17) is 11.6 Å². The van der Waals surface area contributed by atoms with E-state index >= 15 is 0 Å². The van der Waals surface area contributed by atoms with E-state index in [1.807, 2.05) is 24.3 Å². The van der Waals surface area contributed by atoms with Crippen molar-refractivity contribution >= 4 is 29.0 Å². The first kappa shape index (κ1) is 18.4. The third kappa shape index (κ3) is 4.41. The number of hydrogen-bond donors (Lipinski definition) is 0. The van der Waals surface area contributed by atoms with Crippen molar-refractivity contribution in [3.63, 3.8) is 0 Å². The zero-order valence-electron chi connectivity index (χ0n) is 14.3. The van der Waals surface area contributed by atoms with Crippen molar-refractivity contribution < 1.29 is 14.0 Å². The predicted octanol–water partition coefficient (Wildman–Crippen LogP) is 3.79. The Balaban J connectivity index is 1.48. The highest BCUT2D eigenvalue weighted by atomic mass is 35.5. The molecule has 1 heterocycles. The van der Waals surface area contributed by atoms with E-state index in [-0.39, 0.29) is 30.3 Å². The number of carbonyl (C=O) groups excluding carboxylic acids is 2. The van der Waals surface area contributed by atoms with Gasteiger partial charge in [0.1, 0.15) is 5.82 Å². The largest absolute Gasteiger partial charge is 0.367 e. The number of carbonyl (C=O) groups is 2. The molecule has 1 fully saturated rings. The van der Waals surface area contributed by atoms with E-state index in [0.29, 0.717) is 36.8 Å². The monoisotopic (exact) mass is 374 g/mol. The zero-order valence-corrected chi connectivity index (χ0v) is 15.1. The molecule has 0 unspecified atom stereocenters. The van der Waals surface area contributed by atoms with Gasteiger partial charge in [-0.25, -0.2) is 4.39 Å². The summed E-state index contributed by atoms with van der Waals surface area (Å²) in [6.45, 7) is 2.63. The second-order valence-electron chi connectivity index (χ2n) is 6.25. The topological polar surface area (TPSA) is 40.6 Å². The summed E-state index contributed by atoms with van der Waals surface area (Å²) < 4.78 is 12.9. The first-order chi connectivity index (χ1) is 12.5. The fourth-order valence-corrected chi connectivity index (χ4v) is 3.32. The molecule has 0 N–H and O–H groups in total. The van der Waals surface area contributed by atoms with Crippen LogP contribution in [0.2, 0.25) is 5.02 Å². The van der Waals surface area contributed by atoms with Crippen molar-refractivity contribution in [2.75, 3.05) is 31.1 Å². The quantitative estimate of drug-likeness (QED) is 0.747. The molecule has 3 rings (SSSR count). The van der Waals surface area contributed by atoms with Gasteiger partial charge in [-0.2, -0.15) is 0 Å². The molecule has 1 aliphatic heterocycles. The molecule has 1 amide bonds. The summed E-state index contributed by atoms with van der Waals surface area (Å²) in [6, 6.07) is 13.1. The molecule has 136 valence electrons. The van der Waals surface area contributed by atoms with Crippen molar-refractivity contribution in [2.45, 2.75) is 12.8 Å². The van der Waals surface area contributed by atoms with Gasteiger partial charge in [-0.1, -0.05) is 23.7 Å². The highest BCUT2D eigenvalue weighted by Gasteiger charge is 2.22. The summed E-state index contributed by atoms with van der Waals surface area (Å²) in [5.41, 5.74) is 1.41. The fourth-order valence-electron chi connectivity index (χ4n) is 3.06. The van der Waals surface area contributed by atoms with Crippen molar-refractivity contribution in [3.8, 4) is 0 Å². The Morgan fingerprint density at radius 1 is 0.923 bits per heavy atom. The average Bonchev–Trinajstić information content (AvgIpc) is 2.67. The van der Waals surface area contributed by atoms with Crippen LogP contribution in [0.15, 0.2) is 48.5 Å². The lowest BCUT2D eigenvalue weighted by atomic mass is 10.1. The minimum absolute atomic E-state index is 0.0285. The summed E-state index contributed by atoms with van der Waals surface area (Å²) in [5, 5.41) is 0.706. The smallest absolute Gasteiger partial charge is 0.223 e. The summed E-state index contributed by atoms with van der Waals surface area (Å²) in [4.78, 5) is 28.4. The normalized spacial score (nSPS) is 14.4. The molecule has 4 nitrogen and oxygen atoms in total. The van der Waals surface area contributed by atoms with Crippen molar-refractivity contribution in [2.24, 2.45) is 0 Å². The molecule has 1 aliphatic rings. The van der Waals surface area contributed by atoms with Gasteiger partial charge < -0.3 is 9.80 Å². The van der Waals surface area contributed by atoms with E-state index in [1.54, 1.807) is 4.90 Å². The first-order valence-corrected chi connectivity index (χ1v) is 8.98. The van der Waals surface area contributed by atoms with E-state index in [9.17, 15) is 14.0 Å². The Morgan fingerprint density at radius 2 is 1.58 bits per heavy atom. The van der Waals surface area contributed by atoms with E-state index in [1.165, 1.54) is 24.3 Å². The molecule has 0 aromatic heterocycles. The Labute approximate surface area is 157 Å². The molecule has 0 atom stereocenters. The van der Waals surface area contributed by atoms with Crippen LogP contribution >= 0.6 is 11.6 Å². The SMILES string of the molecule is O=C(CCC(=O)N1CCN(c2ccccc2Cl)CC1)c1ccc(F)cc1. The van der Waals surface area contributed by atoms with Crippen molar-refractivity contribution in [1.29, 1.82) is 0 Å². The molecular formula is C20H20ClFN2O2. The van der Waals surface area contributed by atoms with Crippen LogP contribution in [0.5, 0.6) is 0 Å². The van der Waals surface area contributed by atoms with Crippen molar-refractivity contribution in [1.82, 2.24) is 4.90 Å². The number of hydrogen-bond acceptors (Lipinski definition) is 3. The zero-order chi connectivity index (χ0) is 18.5. The minimum Gasteiger partial charge on any atom is -0.367 e. The third-order valence-electron chi connectivity index (χ3n) is 4.56. The number of halogens is 2. The van der Waals surface area contributed by atoms with Crippen LogP contribution < -0.4 is 4.90 Å². The lowest BCUT2D eigenvalue weighted by Gasteiger charge is -2.36. The second-order valence-corrected chi connectivity index (χ2v) is 6.66. The van der Waals surface area contributed by atoms with Gasteiger partial charge >= 0.3 is 0 Å². The number of rotatable bonds is 5. The molecular weight excluding hydrogens is 355 g/mol. The number of benzene rings is 2. The Bertz CT molecular complexity index is 787. The lowest BCUT2D eigenvalue weighted by Crippen LogP contribution is -2.48. The number of Topliss-reactive ketones (excluding diaryl/α,β-unsaturated/α-hetero) is 1. The highest BCUT2D eigenvalue weighted by Crippen LogP contribution is 2.26. The Hall–Kier alpha value is -2.40. The molecule has 26 heavy (non-hydrogen) atoms. The molecule has 0 bridgehead atoms. The van der Waals surface area contributed by atoms with Gasteiger partial charge in [0.05, 0.1) is 10.7 Å². The molecule has 0 radical (unpaired) electrons. The summed E-state index contributed by atoms with van der Waals surface area (Å²) in [6.07, 6.45) is 0.303. The molecule has 1 saturated heterocycles. The van der Waals surface area contributed by atoms with Crippen LogP contribution in [0.3, 0.4) is 0 Å². The number of nitrogens with zero attached hydrogens (tertiary/aromatic N) is 2. The first-order valence-electron chi connectivity index (χ1n) is 8.60. The molecule has 0 spiro atoms. The maximum Gasteiger partial charge on any atom is 0.223 e. The Morgan fingerprint density at radius 3 is 2.23 bits per heavy atom. The standard InChI is InChI=1S/C20H20ClFN2O2/c21-17-3-1-2-4-18(17)23-11-13-24(14-12-23)20(26)10-9-19(25)15-5-7-16(22)8-6-15/h1-8H,9-14H2. The van der Waals surface area contributed by atoms with Gasteiger partial charge in [0.25, 0.3) is 0 Å². The number of amides is 1. The van der Waals surface area contributed by atoms with Crippen LogP contribution in [0.25, 0.3) is 0 Å². The van der Waals surface area contributed by atoms with Crippen LogP contribution in [0.1, 0.15) is 23.2 Å². The van der Waals surface area contributed by atoms with Gasteiger partial charge in [-0.05, 0) is 36.4 Å². The van der Waals surface area contributed by atoms with Gasteiger partial charge in [0, 0.05) is 44.6 Å². The van der Waals surface area contributed by atoms with Gasteiger partial charge in [-0.15, -0.1) is 0 Å². The molecule has 2 aromatic rings. The summed E-state index contributed by atoms with van der Waals surface area (Å²) in [7, 11) is 0. The molecule has 0 aliphatic carbocycles. The average molecular weight is 375 g/mol. The molecule has 0 saturated carbocycles. The van der Waals surface area contributed by atoms with Gasteiger partial charge in [0.15, 0.2) is 5.78 Å². The fraction of sp³-hybridized carbons (Fsp3) is 0.300. The van der Waals surface area contributed by atoms with Crippen LogP contribution in [-0.4, -0.2) is 42.8 Å². The number of ketones is 1. The Kier molecular flexibility index (Phi) is 5.89. The number of para-hydroxylation sites is 1. The number of piperazine rings is 1. The number of anilines is 1. The van der Waals surface area contributed by atoms with Gasteiger partial charge in [-0.3, -0.25) is 9.59 Å². The third-order valence-corrected chi connectivity index (χ3v) is 4.88. The van der Waals surface area contributed by atoms with Crippen LogP contribution in [0.4, 0.5) is 10.1 Å². The second kappa shape index (κ2) is 8.32. The minimum atomic E-state index is -0.381. The van der Waals surface area contributed by atoms with E-state index < -0.39 is 0 Å². The van der Waals surface area contributed by atoms with Crippen LogP contribution in [0, 0.1) is 5.82 Å². The summed E-state index contributed by atoms with van der Waals surface area (Å²) >= 11 is 6.23. The van der Waals surface area contributed by atoms with Crippen LogP contribution in [-0.2, 0) is 4.79 Å². The maximum atomic E-state index is 12.9. The van der Waals surface area contributed by atoms with E-state index in [2.05, 4.69) is 4.90 Å². The summed E-state index contributed by atoms with van der Waals surface area (Å²) in [5.74, 6) is -0.554. The maximum absolute atomic E-state index is 12.9. The van der Waals surface area contributed by atoms with E-state index in [0.717, 1.165) is 5.69 Å². The molecule has 2 aromatic carbocycles. The lowest BCUT2D eigenvalue weighted by molar-refractivity contribution is -0.131. The highest BCUT2D eigenvalue weighted by molar-refractivity contribution is 6.33. The predicted molar refractivity (Wildman–Crippen MR) is 100 cm³/mol. The van der Waals surface area contributed by atoms with Gasteiger partial charge in [0.2, 0.25) is 5.91 Å².